The number of benzene rings is 2. The van der Waals surface area contributed by atoms with E-state index in [1.807, 2.05) is 31.2 Å². The monoisotopic (exact) mass is 676 g/mol. The number of nitrogens with zero attached hydrogens (tertiary/aromatic N) is 2. The first kappa shape index (κ1) is 32.1. The molecule has 1 aromatic heterocycles. The maximum atomic E-state index is 12.7. The van der Waals surface area contributed by atoms with Crippen LogP contribution in [0.25, 0.3) is 10.9 Å². The van der Waals surface area contributed by atoms with E-state index in [0.717, 1.165) is 95.5 Å². The van der Waals surface area contributed by atoms with Crippen molar-refractivity contribution < 1.29 is 14.3 Å². The van der Waals surface area contributed by atoms with Gasteiger partial charge in [0.1, 0.15) is 11.6 Å². The van der Waals surface area contributed by atoms with Gasteiger partial charge in [-0.1, -0.05) is 47.3 Å². The van der Waals surface area contributed by atoms with Crippen LogP contribution in [0.1, 0.15) is 95.0 Å². The Balaban J connectivity index is 0.917. The lowest BCUT2D eigenvalue weighted by Crippen LogP contribution is -2.46. The van der Waals surface area contributed by atoms with Gasteiger partial charge in [-0.25, -0.2) is 9.97 Å². The van der Waals surface area contributed by atoms with Crippen LogP contribution in [0.15, 0.2) is 40.9 Å². The second kappa shape index (κ2) is 14.7. The first-order valence-electron chi connectivity index (χ1n) is 17.1. The molecule has 1 heterocycles. The highest BCUT2D eigenvalue weighted by Crippen LogP contribution is 2.57. The minimum Gasteiger partial charge on any atom is -0.493 e. The molecule has 4 saturated carbocycles. The van der Waals surface area contributed by atoms with Crippen LogP contribution >= 0.6 is 15.9 Å². The number of aryl methyl sites for hydroxylation is 1. The highest BCUT2D eigenvalue weighted by atomic mass is 79.9. The van der Waals surface area contributed by atoms with Crippen LogP contribution in [0.2, 0.25) is 0 Å². The Morgan fingerprint density at radius 3 is 2.42 bits per heavy atom. The van der Waals surface area contributed by atoms with E-state index in [9.17, 15) is 4.79 Å². The Labute approximate surface area is 276 Å². The van der Waals surface area contributed by atoms with Gasteiger partial charge in [0.15, 0.2) is 11.5 Å². The van der Waals surface area contributed by atoms with E-state index in [4.69, 9.17) is 19.4 Å². The van der Waals surface area contributed by atoms with E-state index in [2.05, 4.69) is 45.6 Å². The van der Waals surface area contributed by atoms with Gasteiger partial charge < -0.3 is 20.1 Å². The number of methoxy groups -OCH3 is 1. The number of hydrogen-bond donors (Lipinski definition) is 2. The number of anilines is 1. The number of ether oxygens (including phenoxy) is 2. The smallest absolute Gasteiger partial charge is 0.220 e. The van der Waals surface area contributed by atoms with Gasteiger partial charge >= 0.3 is 0 Å². The molecule has 4 bridgehead atoms. The fourth-order valence-corrected chi connectivity index (χ4v) is 8.94. The van der Waals surface area contributed by atoms with Crippen molar-refractivity contribution in [3.8, 4) is 11.5 Å². The van der Waals surface area contributed by atoms with Crippen molar-refractivity contribution in [3.63, 3.8) is 0 Å². The summed E-state index contributed by atoms with van der Waals surface area (Å²) in [6.45, 7) is 5.46. The van der Waals surface area contributed by atoms with Crippen LogP contribution in [-0.2, 0) is 4.79 Å². The van der Waals surface area contributed by atoms with Crippen molar-refractivity contribution in [1.29, 1.82) is 0 Å². The number of hydrogen-bond acceptors (Lipinski definition) is 6. The van der Waals surface area contributed by atoms with Gasteiger partial charge in [-0.15, -0.1) is 0 Å². The molecular weight excluding hydrogens is 628 g/mol. The fourth-order valence-electron chi connectivity index (χ4n) is 8.52. The summed E-state index contributed by atoms with van der Waals surface area (Å²) >= 11 is 3.57. The van der Waals surface area contributed by atoms with Crippen molar-refractivity contribution >= 4 is 38.6 Å². The Hall–Kier alpha value is -2.87. The molecular formula is C37H49BrN4O3. The average molecular weight is 678 g/mol. The summed E-state index contributed by atoms with van der Waals surface area (Å²) in [6, 6.07) is 12.3. The molecule has 2 aromatic carbocycles. The quantitative estimate of drug-likeness (QED) is 0.157. The maximum Gasteiger partial charge on any atom is 0.220 e. The first-order valence-corrected chi connectivity index (χ1v) is 17.9. The summed E-state index contributed by atoms with van der Waals surface area (Å²) < 4.78 is 12.9. The number of amides is 1. The third-order valence-corrected chi connectivity index (χ3v) is 11.0. The van der Waals surface area contributed by atoms with E-state index in [0.29, 0.717) is 29.8 Å². The lowest BCUT2D eigenvalue weighted by molar-refractivity contribution is -0.126. The SMILES string of the molecule is COc1cc2c(N[C@H](C)c3cccc(Br)c3)nc(C)nc2cc1OCCCCCCCNC(=O)CC1C2CC3CC(C2)CC1C3. The van der Waals surface area contributed by atoms with Crippen LogP contribution in [0, 0.1) is 36.5 Å². The molecule has 8 heteroatoms. The normalized spacial score (nSPS) is 24.0. The lowest BCUT2D eigenvalue weighted by Gasteiger charge is -2.54. The molecule has 242 valence electrons. The Kier molecular flexibility index (Phi) is 10.5. The second-order valence-corrected chi connectivity index (χ2v) is 14.7. The van der Waals surface area contributed by atoms with Crippen LogP contribution in [-0.4, -0.2) is 36.1 Å². The molecule has 4 aliphatic carbocycles. The Morgan fingerprint density at radius 2 is 1.69 bits per heavy atom. The van der Waals surface area contributed by atoms with E-state index in [1.54, 1.807) is 7.11 Å². The van der Waals surface area contributed by atoms with Crippen molar-refractivity contribution in [1.82, 2.24) is 15.3 Å². The molecule has 0 saturated heterocycles. The minimum absolute atomic E-state index is 0.0601. The molecule has 0 spiro atoms. The molecule has 1 atom stereocenters. The molecule has 0 unspecified atom stereocenters. The predicted molar refractivity (Wildman–Crippen MR) is 184 cm³/mol. The molecule has 7 nitrogen and oxygen atoms in total. The highest BCUT2D eigenvalue weighted by molar-refractivity contribution is 9.10. The minimum atomic E-state index is 0.0601. The number of fused-ring (bicyclic) bond motifs is 1. The maximum absolute atomic E-state index is 12.7. The van der Waals surface area contributed by atoms with Crippen LogP contribution < -0.4 is 20.1 Å². The number of rotatable bonds is 15. The van der Waals surface area contributed by atoms with Gasteiger partial charge in [0.05, 0.1) is 25.3 Å². The third kappa shape index (κ3) is 7.93. The zero-order valence-electron chi connectivity index (χ0n) is 27.1. The van der Waals surface area contributed by atoms with Gasteiger partial charge in [-0.05, 0) is 112 Å². The zero-order valence-corrected chi connectivity index (χ0v) is 28.7. The summed E-state index contributed by atoms with van der Waals surface area (Å²) in [6.07, 6.45) is 13.2. The third-order valence-electron chi connectivity index (χ3n) is 10.5. The lowest BCUT2D eigenvalue weighted by atomic mass is 9.51. The molecule has 45 heavy (non-hydrogen) atoms. The van der Waals surface area contributed by atoms with Crippen molar-refractivity contribution in [2.75, 3.05) is 25.6 Å². The first-order chi connectivity index (χ1) is 21.9. The number of unbranched alkanes of at least 4 members (excludes halogenated alkanes) is 4. The number of aromatic nitrogens is 2. The average Bonchev–Trinajstić information content (AvgIpc) is 3.01. The molecule has 1 amide bonds. The zero-order chi connectivity index (χ0) is 31.3. The number of carbonyl (C=O) groups excluding carboxylic acids is 1. The van der Waals surface area contributed by atoms with E-state index < -0.39 is 0 Å². The van der Waals surface area contributed by atoms with E-state index in [-0.39, 0.29) is 11.9 Å². The van der Waals surface area contributed by atoms with Gasteiger partial charge in [0.25, 0.3) is 0 Å². The second-order valence-electron chi connectivity index (χ2n) is 13.8. The highest BCUT2D eigenvalue weighted by Gasteiger charge is 2.48. The molecule has 4 aliphatic rings. The summed E-state index contributed by atoms with van der Waals surface area (Å²) in [7, 11) is 1.67. The number of nitrogens with one attached hydrogen (secondary N) is 2. The van der Waals surface area contributed by atoms with Gasteiger partial charge in [0, 0.05) is 28.9 Å². The summed E-state index contributed by atoms with van der Waals surface area (Å²) in [5, 5.41) is 7.69. The van der Waals surface area contributed by atoms with Crippen LogP contribution in [0.5, 0.6) is 11.5 Å². The molecule has 4 fully saturated rings. The summed E-state index contributed by atoms with van der Waals surface area (Å²) in [5.41, 5.74) is 1.99. The molecule has 3 aromatic rings. The summed E-state index contributed by atoms with van der Waals surface area (Å²) in [4.78, 5) is 22.1. The van der Waals surface area contributed by atoms with Crippen LogP contribution in [0.3, 0.4) is 0 Å². The van der Waals surface area contributed by atoms with Crippen LogP contribution in [0.4, 0.5) is 5.82 Å². The molecule has 2 N–H and O–H groups in total. The molecule has 0 radical (unpaired) electrons. The Morgan fingerprint density at radius 1 is 0.956 bits per heavy atom. The standard InChI is InChI=1S/C37H49BrN4O3/c1-23(27-10-9-11-30(38)19-27)40-37-32-20-34(44-3)35(22-33(32)41-24(2)42-37)45-13-8-6-4-5-7-12-39-36(43)21-31-28-15-25-14-26(17-28)18-29(31)16-25/h9-11,19-20,22-23,25-26,28-29,31H,4-8,12-18,21H2,1-3H3,(H,39,43)(H,40,41,42)/t23-,25?,26?,28?,29?,31?/m1/s1. The number of halogens is 1. The molecule has 7 rings (SSSR count). The van der Waals surface area contributed by atoms with E-state index in [1.165, 1.54) is 32.1 Å². The largest absolute Gasteiger partial charge is 0.493 e. The molecule has 0 aliphatic heterocycles. The van der Waals surface area contributed by atoms with Gasteiger partial charge in [-0.3, -0.25) is 4.79 Å². The summed E-state index contributed by atoms with van der Waals surface area (Å²) in [5.74, 6) is 7.39. The van der Waals surface area contributed by atoms with Gasteiger partial charge in [-0.2, -0.15) is 0 Å². The van der Waals surface area contributed by atoms with E-state index >= 15 is 0 Å². The predicted octanol–water partition coefficient (Wildman–Crippen LogP) is 8.79. The Bertz CT molecular complexity index is 1450. The van der Waals surface area contributed by atoms with Crippen molar-refractivity contribution in [2.45, 2.75) is 90.5 Å². The number of carbonyl (C=O) groups is 1. The van der Waals surface area contributed by atoms with Crippen molar-refractivity contribution in [3.05, 3.63) is 52.3 Å². The topological polar surface area (TPSA) is 85.4 Å². The van der Waals surface area contributed by atoms with Crippen molar-refractivity contribution in [2.24, 2.45) is 29.6 Å². The fraction of sp³-hybridized carbons (Fsp3) is 0.595. The van der Waals surface area contributed by atoms with Gasteiger partial charge in [0.2, 0.25) is 5.91 Å².